The van der Waals surface area contributed by atoms with Gasteiger partial charge in [0.25, 0.3) is 0 Å². The first-order chi connectivity index (χ1) is 10.1. The van der Waals surface area contributed by atoms with Gasteiger partial charge in [0.2, 0.25) is 5.91 Å². The number of amides is 1. The van der Waals surface area contributed by atoms with E-state index >= 15 is 0 Å². The lowest BCUT2D eigenvalue weighted by Crippen LogP contribution is -2.34. The highest BCUT2D eigenvalue weighted by atomic mass is 32.1. The topological polar surface area (TPSA) is 79.3 Å². The largest absolute Gasteiger partial charge is 0.481 e. The monoisotopic (exact) mass is 306 g/mol. The molecule has 6 heteroatoms. The molecule has 1 aromatic rings. The van der Waals surface area contributed by atoms with E-state index in [1.807, 2.05) is 12.2 Å². The van der Waals surface area contributed by atoms with E-state index < -0.39 is 17.8 Å². The number of fused-ring (bicyclic) bond motifs is 1. The summed E-state index contributed by atoms with van der Waals surface area (Å²) in [5.41, 5.74) is 1.10. The van der Waals surface area contributed by atoms with Crippen LogP contribution in [0.4, 0.5) is 5.13 Å². The molecule has 21 heavy (non-hydrogen) atoms. The third-order valence-corrected chi connectivity index (χ3v) is 5.24. The van der Waals surface area contributed by atoms with Gasteiger partial charge in [-0.2, -0.15) is 0 Å². The van der Waals surface area contributed by atoms with Crippen molar-refractivity contribution in [3.63, 3.8) is 0 Å². The SMILES string of the molecule is O=C(O)[C@H]1CC=CC[C@H]1C(=O)Nc1nc2c(s1)CCCC2. The number of rotatable bonds is 3. The number of hydrogen-bond donors (Lipinski definition) is 2. The van der Waals surface area contributed by atoms with Crippen molar-refractivity contribution in [2.75, 3.05) is 5.32 Å². The van der Waals surface area contributed by atoms with Gasteiger partial charge in [0.1, 0.15) is 0 Å². The van der Waals surface area contributed by atoms with E-state index in [0.717, 1.165) is 25.0 Å². The summed E-state index contributed by atoms with van der Waals surface area (Å²) in [6.45, 7) is 0. The molecular weight excluding hydrogens is 288 g/mol. The van der Waals surface area contributed by atoms with Gasteiger partial charge in [-0.3, -0.25) is 9.59 Å². The Morgan fingerprint density at radius 2 is 1.90 bits per heavy atom. The van der Waals surface area contributed by atoms with Crippen molar-refractivity contribution in [3.8, 4) is 0 Å². The first-order valence-corrected chi connectivity index (χ1v) is 8.14. The summed E-state index contributed by atoms with van der Waals surface area (Å²) in [6, 6.07) is 0. The number of aliphatic carboxylic acids is 1. The molecule has 0 spiro atoms. The molecule has 0 unspecified atom stereocenters. The third-order valence-electron chi connectivity index (χ3n) is 4.16. The second-order valence-corrected chi connectivity index (χ2v) is 6.66. The zero-order valence-electron chi connectivity index (χ0n) is 11.7. The van der Waals surface area contributed by atoms with Crippen LogP contribution in [0, 0.1) is 11.8 Å². The number of carbonyl (C=O) groups is 2. The first-order valence-electron chi connectivity index (χ1n) is 7.32. The Hall–Kier alpha value is -1.69. The number of carboxylic acid groups (broad SMARTS) is 1. The molecule has 2 aliphatic carbocycles. The van der Waals surface area contributed by atoms with Crippen LogP contribution in [0.5, 0.6) is 0 Å². The van der Waals surface area contributed by atoms with Crippen LogP contribution in [-0.2, 0) is 22.4 Å². The maximum absolute atomic E-state index is 12.4. The van der Waals surface area contributed by atoms with E-state index in [1.54, 1.807) is 0 Å². The van der Waals surface area contributed by atoms with Gasteiger partial charge in [0.05, 0.1) is 17.5 Å². The molecule has 0 radical (unpaired) electrons. The van der Waals surface area contributed by atoms with E-state index in [-0.39, 0.29) is 5.91 Å². The van der Waals surface area contributed by atoms with Crippen molar-refractivity contribution in [3.05, 3.63) is 22.7 Å². The molecule has 5 nitrogen and oxygen atoms in total. The number of allylic oxidation sites excluding steroid dienone is 2. The van der Waals surface area contributed by atoms with Gasteiger partial charge in [0, 0.05) is 4.88 Å². The van der Waals surface area contributed by atoms with Crippen molar-refractivity contribution >= 4 is 28.3 Å². The number of thiazole rings is 1. The molecule has 1 heterocycles. The quantitative estimate of drug-likeness (QED) is 0.841. The molecule has 112 valence electrons. The number of aryl methyl sites for hydroxylation is 2. The summed E-state index contributed by atoms with van der Waals surface area (Å²) in [5, 5.41) is 12.7. The lowest BCUT2D eigenvalue weighted by atomic mass is 9.82. The molecule has 2 N–H and O–H groups in total. The molecule has 0 fully saturated rings. The van der Waals surface area contributed by atoms with Gasteiger partial charge in [-0.25, -0.2) is 4.98 Å². The number of nitrogens with one attached hydrogen (secondary N) is 1. The fourth-order valence-corrected chi connectivity index (χ4v) is 4.03. The average molecular weight is 306 g/mol. The van der Waals surface area contributed by atoms with Gasteiger partial charge >= 0.3 is 5.97 Å². The Labute approximate surface area is 127 Å². The Balaban J connectivity index is 1.72. The van der Waals surface area contributed by atoms with Gasteiger partial charge in [-0.1, -0.05) is 12.2 Å². The summed E-state index contributed by atoms with van der Waals surface area (Å²) in [4.78, 5) is 29.3. The second kappa shape index (κ2) is 5.97. The molecule has 2 atom stereocenters. The highest BCUT2D eigenvalue weighted by molar-refractivity contribution is 7.15. The zero-order chi connectivity index (χ0) is 14.8. The smallest absolute Gasteiger partial charge is 0.307 e. The van der Waals surface area contributed by atoms with Crippen LogP contribution in [0.1, 0.15) is 36.3 Å². The summed E-state index contributed by atoms with van der Waals surface area (Å²) in [5.74, 6) is -2.27. The first kappa shape index (κ1) is 14.3. The number of anilines is 1. The lowest BCUT2D eigenvalue weighted by molar-refractivity contribution is -0.146. The Morgan fingerprint density at radius 3 is 2.62 bits per heavy atom. The van der Waals surface area contributed by atoms with E-state index in [9.17, 15) is 14.7 Å². The van der Waals surface area contributed by atoms with E-state index in [2.05, 4.69) is 10.3 Å². The molecular formula is C15H18N2O3S. The highest BCUT2D eigenvalue weighted by Crippen LogP contribution is 2.31. The van der Waals surface area contributed by atoms with Crippen LogP contribution in [-0.4, -0.2) is 22.0 Å². The standard InChI is InChI=1S/C15H18N2O3S/c18-13(9-5-1-2-6-10(9)14(19)20)17-15-16-11-7-3-4-8-12(11)21-15/h1-2,9-10H,3-8H2,(H,19,20)(H,16,17,18)/t9-,10+/m1/s1. The van der Waals surface area contributed by atoms with Crippen molar-refractivity contribution in [1.29, 1.82) is 0 Å². The molecule has 0 aliphatic heterocycles. The van der Waals surface area contributed by atoms with Crippen LogP contribution in [0.2, 0.25) is 0 Å². The number of carbonyl (C=O) groups excluding carboxylic acids is 1. The van der Waals surface area contributed by atoms with Crippen molar-refractivity contribution in [2.45, 2.75) is 38.5 Å². The molecule has 0 saturated carbocycles. The fraction of sp³-hybridized carbons (Fsp3) is 0.533. The van der Waals surface area contributed by atoms with Crippen LogP contribution in [0.25, 0.3) is 0 Å². The van der Waals surface area contributed by atoms with Gasteiger partial charge in [-0.15, -0.1) is 11.3 Å². The van der Waals surface area contributed by atoms with Gasteiger partial charge in [-0.05, 0) is 38.5 Å². The van der Waals surface area contributed by atoms with Crippen LogP contribution in [0.15, 0.2) is 12.2 Å². The molecule has 1 aromatic heterocycles. The maximum Gasteiger partial charge on any atom is 0.307 e. The minimum Gasteiger partial charge on any atom is -0.481 e. The maximum atomic E-state index is 12.4. The summed E-state index contributed by atoms with van der Waals surface area (Å²) in [7, 11) is 0. The van der Waals surface area contributed by atoms with Crippen molar-refractivity contribution in [1.82, 2.24) is 4.98 Å². The predicted molar refractivity (Wildman–Crippen MR) is 80.4 cm³/mol. The average Bonchev–Trinajstić information content (AvgIpc) is 2.89. The fourth-order valence-electron chi connectivity index (χ4n) is 2.98. The summed E-state index contributed by atoms with van der Waals surface area (Å²) < 4.78 is 0. The second-order valence-electron chi connectivity index (χ2n) is 5.58. The lowest BCUT2D eigenvalue weighted by Gasteiger charge is -2.23. The van der Waals surface area contributed by atoms with E-state index in [1.165, 1.54) is 22.6 Å². The normalized spacial score (nSPS) is 24.4. The molecule has 1 amide bonds. The van der Waals surface area contributed by atoms with Gasteiger partial charge in [0.15, 0.2) is 5.13 Å². The minimum absolute atomic E-state index is 0.224. The summed E-state index contributed by atoms with van der Waals surface area (Å²) in [6.07, 6.45) is 8.96. The number of nitrogens with zero attached hydrogens (tertiary/aromatic N) is 1. The third kappa shape index (κ3) is 3.00. The Bertz CT molecular complexity index is 570. The molecule has 2 aliphatic rings. The number of hydrogen-bond acceptors (Lipinski definition) is 4. The van der Waals surface area contributed by atoms with Crippen LogP contribution in [0.3, 0.4) is 0 Å². The van der Waals surface area contributed by atoms with E-state index in [0.29, 0.717) is 18.0 Å². The Kier molecular flexibility index (Phi) is 4.05. The molecule has 0 saturated heterocycles. The van der Waals surface area contributed by atoms with Crippen molar-refractivity contribution in [2.24, 2.45) is 11.8 Å². The number of carboxylic acids is 1. The van der Waals surface area contributed by atoms with E-state index in [4.69, 9.17) is 0 Å². The Morgan fingerprint density at radius 1 is 1.19 bits per heavy atom. The van der Waals surface area contributed by atoms with Gasteiger partial charge < -0.3 is 10.4 Å². The summed E-state index contributed by atoms with van der Waals surface area (Å²) >= 11 is 1.53. The van der Waals surface area contributed by atoms with Crippen molar-refractivity contribution < 1.29 is 14.7 Å². The molecule has 0 bridgehead atoms. The zero-order valence-corrected chi connectivity index (χ0v) is 12.5. The molecule has 0 aromatic carbocycles. The minimum atomic E-state index is -0.905. The number of aromatic nitrogens is 1. The predicted octanol–water partition coefficient (Wildman–Crippen LogP) is 2.63. The highest BCUT2D eigenvalue weighted by Gasteiger charge is 2.34. The van der Waals surface area contributed by atoms with Crippen LogP contribution < -0.4 is 5.32 Å². The van der Waals surface area contributed by atoms with Crippen LogP contribution >= 0.6 is 11.3 Å². The molecule has 3 rings (SSSR count).